The molecule has 1 amide bonds. The van der Waals surface area contributed by atoms with Crippen LogP contribution in [0.1, 0.15) is 33.6 Å². The van der Waals surface area contributed by atoms with Gasteiger partial charge >= 0.3 is 5.97 Å². The molecule has 1 saturated heterocycles. The number of hydrogen-bond donors (Lipinski definition) is 1. The highest BCUT2D eigenvalue weighted by molar-refractivity contribution is 6.07. The number of carbonyl (C=O) groups excluding carboxylic acids is 2. The first-order valence-electron chi connectivity index (χ1n) is 8.34. The molecular weight excluding hydrogens is 302 g/mol. The van der Waals surface area contributed by atoms with Gasteiger partial charge in [0.15, 0.2) is 5.60 Å². The van der Waals surface area contributed by atoms with Gasteiger partial charge in [-0.05, 0) is 31.2 Å². The van der Waals surface area contributed by atoms with Crippen LogP contribution < -0.4 is 5.32 Å². The van der Waals surface area contributed by atoms with Crippen molar-refractivity contribution in [2.45, 2.75) is 39.2 Å². The third-order valence-electron chi connectivity index (χ3n) is 6.49. The number of amides is 1. The second-order valence-electron chi connectivity index (χ2n) is 7.65. The first kappa shape index (κ1) is 15.2. The normalized spacial score (nSPS) is 30.4. The lowest BCUT2D eigenvalue weighted by Gasteiger charge is -2.35. The van der Waals surface area contributed by atoms with Crippen molar-refractivity contribution in [1.29, 1.82) is 0 Å². The number of nitrogens with one attached hydrogen (secondary N) is 1. The number of hydrogen-bond acceptors (Lipinski definition) is 3. The zero-order valence-electron chi connectivity index (χ0n) is 14.2. The highest BCUT2D eigenvalue weighted by atomic mass is 16.6. The van der Waals surface area contributed by atoms with E-state index in [-0.39, 0.29) is 11.9 Å². The van der Waals surface area contributed by atoms with E-state index < -0.39 is 16.4 Å². The molecule has 1 heterocycles. The summed E-state index contributed by atoms with van der Waals surface area (Å²) in [6, 6.07) is 13.7. The van der Waals surface area contributed by atoms with Gasteiger partial charge in [-0.15, -0.1) is 0 Å². The molecule has 4 rings (SSSR count). The van der Waals surface area contributed by atoms with Gasteiger partial charge < -0.3 is 10.1 Å². The minimum atomic E-state index is -1.09. The van der Waals surface area contributed by atoms with E-state index in [1.165, 1.54) is 0 Å². The predicted octanol–water partition coefficient (Wildman–Crippen LogP) is 3.90. The van der Waals surface area contributed by atoms with Crippen molar-refractivity contribution in [3.8, 4) is 0 Å². The maximum atomic E-state index is 13.2. The minimum absolute atomic E-state index is 0.224. The molecular formula is C20H21NO3. The summed E-state index contributed by atoms with van der Waals surface area (Å²) in [5, 5.41) is 5.06. The Bertz CT molecular complexity index is 867. The minimum Gasteiger partial charge on any atom is -0.448 e. The summed E-state index contributed by atoms with van der Waals surface area (Å²) in [7, 11) is 0. The van der Waals surface area contributed by atoms with E-state index in [0.29, 0.717) is 12.8 Å². The second-order valence-corrected chi connectivity index (χ2v) is 7.65. The van der Waals surface area contributed by atoms with Crippen LogP contribution in [-0.4, -0.2) is 17.5 Å². The molecule has 2 atom stereocenters. The monoisotopic (exact) mass is 323 g/mol. The lowest BCUT2D eigenvalue weighted by Crippen LogP contribution is -2.50. The average molecular weight is 323 g/mol. The highest BCUT2D eigenvalue weighted by Crippen LogP contribution is 2.65. The summed E-state index contributed by atoms with van der Waals surface area (Å²) in [6.45, 7) is 5.84. The summed E-state index contributed by atoms with van der Waals surface area (Å²) in [5.74, 6) is -0.481. The van der Waals surface area contributed by atoms with E-state index in [1.54, 1.807) is 0 Å². The fourth-order valence-electron chi connectivity index (χ4n) is 4.30. The molecule has 2 aliphatic rings. The first-order chi connectivity index (χ1) is 11.3. The number of rotatable bonds is 2. The van der Waals surface area contributed by atoms with E-state index in [2.05, 4.69) is 5.32 Å². The smallest absolute Gasteiger partial charge is 0.313 e. The Morgan fingerprint density at radius 1 is 1.04 bits per heavy atom. The number of carbonyl (C=O) groups is 2. The van der Waals surface area contributed by atoms with E-state index in [9.17, 15) is 9.59 Å². The maximum Gasteiger partial charge on any atom is 0.313 e. The van der Waals surface area contributed by atoms with Gasteiger partial charge in [0.05, 0.1) is 5.41 Å². The topological polar surface area (TPSA) is 55.4 Å². The van der Waals surface area contributed by atoms with Gasteiger partial charge in [-0.25, -0.2) is 0 Å². The van der Waals surface area contributed by atoms with E-state index in [4.69, 9.17) is 4.74 Å². The predicted molar refractivity (Wildman–Crippen MR) is 92.5 cm³/mol. The van der Waals surface area contributed by atoms with Crippen LogP contribution in [0, 0.1) is 10.8 Å². The summed E-state index contributed by atoms with van der Waals surface area (Å²) in [6.07, 6.45) is 1.25. The van der Waals surface area contributed by atoms with Gasteiger partial charge in [-0.2, -0.15) is 0 Å². The summed E-state index contributed by atoms with van der Waals surface area (Å²) < 4.78 is 5.66. The lowest BCUT2D eigenvalue weighted by atomic mass is 9.66. The fourth-order valence-corrected chi connectivity index (χ4v) is 4.30. The fraction of sp³-hybridized carbons (Fsp3) is 0.400. The van der Waals surface area contributed by atoms with Gasteiger partial charge in [-0.3, -0.25) is 9.59 Å². The average Bonchev–Trinajstić information content (AvgIpc) is 2.85. The summed E-state index contributed by atoms with van der Waals surface area (Å²) in [4.78, 5) is 25.5. The zero-order chi connectivity index (χ0) is 17.2. The van der Waals surface area contributed by atoms with E-state index >= 15 is 0 Å². The van der Waals surface area contributed by atoms with Crippen LogP contribution in [0.15, 0.2) is 42.5 Å². The van der Waals surface area contributed by atoms with Crippen molar-refractivity contribution in [3.63, 3.8) is 0 Å². The quantitative estimate of drug-likeness (QED) is 0.853. The molecule has 2 aromatic rings. The second kappa shape index (κ2) is 4.59. The highest BCUT2D eigenvalue weighted by Gasteiger charge is 2.75. The Labute approximate surface area is 141 Å². The lowest BCUT2D eigenvalue weighted by molar-refractivity contribution is -0.165. The van der Waals surface area contributed by atoms with Crippen molar-refractivity contribution in [2.24, 2.45) is 10.8 Å². The van der Waals surface area contributed by atoms with Crippen molar-refractivity contribution in [1.82, 2.24) is 0 Å². The molecule has 0 spiro atoms. The van der Waals surface area contributed by atoms with Crippen molar-refractivity contribution >= 4 is 28.3 Å². The van der Waals surface area contributed by atoms with Gasteiger partial charge in [-0.1, -0.05) is 50.2 Å². The molecule has 1 saturated carbocycles. The van der Waals surface area contributed by atoms with E-state index in [1.807, 2.05) is 63.2 Å². The van der Waals surface area contributed by atoms with Crippen LogP contribution in [0.4, 0.5) is 5.69 Å². The summed E-state index contributed by atoms with van der Waals surface area (Å²) in [5.41, 5.74) is -1.47. The van der Waals surface area contributed by atoms with Gasteiger partial charge in [0.2, 0.25) is 0 Å². The number of esters is 1. The molecule has 0 unspecified atom stereocenters. The Morgan fingerprint density at radius 2 is 1.75 bits per heavy atom. The number of anilines is 1. The zero-order valence-corrected chi connectivity index (χ0v) is 14.2. The molecule has 2 bridgehead atoms. The molecule has 1 aliphatic carbocycles. The number of ether oxygens (including phenoxy) is 1. The largest absolute Gasteiger partial charge is 0.448 e. The standard InChI is InChI=1S/C20H21NO3/c1-18(2)19(3)11-12-20(18,24-17(19)23)16(22)21-15-10-6-8-13-7-4-5-9-14(13)15/h4-10H,11-12H2,1-3H3,(H,21,22)/t19-,20+/m0/s1. The van der Waals surface area contributed by atoms with E-state index in [0.717, 1.165) is 16.5 Å². The molecule has 0 aromatic heterocycles. The molecule has 1 N–H and O–H groups in total. The van der Waals surface area contributed by atoms with Gasteiger partial charge in [0, 0.05) is 16.5 Å². The molecule has 0 radical (unpaired) electrons. The van der Waals surface area contributed by atoms with Crippen molar-refractivity contribution < 1.29 is 14.3 Å². The Morgan fingerprint density at radius 3 is 2.42 bits per heavy atom. The van der Waals surface area contributed by atoms with Crippen LogP contribution in [-0.2, 0) is 14.3 Å². The molecule has 4 nitrogen and oxygen atoms in total. The maximum absolute atomic E-state index is 13.2. The Balaban J connectivity index is 1.74. The SMILES string of the molecule is CC1(C)[C@@]2(C)CC[C@]1(C(=O)Nc1cccc3ccccc13)OC2=O. The molecule has 2 fully saturated rings. The molecule has 2 aromatic carbocycles. The van der Waals surface area contributed by atoms with Crippen LogP contribution in [0.25, 0.3) is 10.8 Å². The first-order valence-corrected chi connectivity index (χ1v) is 8.34. The van der Waals surface area contributed by atoms with Crippen LogP contribution in [0.2, 0.25) is 0 Å². The van der Waals surface area contributed by atoms with Gasteiger partial charge in [0.1, 0.15) is 0 Å². The number of benzene rings is 2. The molecule has 4 heteroatoms. The Hall–Kier alpha value is -2.36. The third kappa shape index (κ3) is 1.63. The van der Waals surface area contributed by atoms with Crippen molar-refractivity contribution in [2.75, 3.05) is 5.32 Å². The third-order valence-corrected chi connectivity index (χ3v) is 6.49. The van der Waals surface area contributed by atoms with Crippen LogP contribution >= 0.6 is 0 Å². The molecule has 24 heavy (non-hydrogen) atoms. The van der Waals surface area contributed by atoms with Crippen LogP contribution in [0.3, 0.4) is 0 Å². The van der Waals surface area contributed by atoms with Gasteiger partial charge in [0.25, 0.3) is 5.91 Å². The van der Waals surface area contributed by atoms with Crippen LogP contribution in [0.5, 0.6) is 0 Å². The number of fused-ring (bicyclic) bond motifs is 3. The Kier molecular flexibility index (Phi) is 2.91. The molecule has 124 valence electrons. The summed E-state index contributed by atoms with van der Waals surface area (Å²) >= 11 is 0. The van der Waals surface area contributed by atoms with Crippen molar-refractivity contribution in [3.05, 3.63) is 42.5 Å². The molecule has 1 aliphatic heterocycles.